The van der Waals surface area contributed by atoms with E-state index < -0.39 is 0 Å². The molecule has 0 bridgehead atoms. The molecule has 2 N–H and O–H groups in total. The molecular weight excluding hydrogens is 348 g/mol. The zero-order chi connectivity index (χ0) is 19.1. The second kappa shape index (κ2) is 6.53. The van der Waals surface area contributed by atoms with E-state index in [-0.39, 0.29) is 5.78 Å². The molecule has 0 spiro atoms. The predicted octanol–water partition coefficient (Wildman–Crippen LogP) is 4.42. The van der Waals surface area contributed by atoms with Crippen LogP contribution in [0.15, 0.2) is 60.9 Å². The van der Waals surface area contributed by atoms with Crippen molar-refractivity contribution in [3.8, 4) is 0 Å². The topological polar surface area (TPSA) is 64.8 Å². The molecule has 5 rings (SSSR count). The predicted molar refractivity (Wildman–Crippen MR) is 110 cm³/mol. The third-order valence-corrected chi connectivity index (χ3v) is 5.17. The van der Waals surface area contributed by atoms with Gasteiger partial charge in [0.15, 0.2) is 5.78 Å². The number of H-pyrrole nitrogens is 2. The summed E-state index contributed by atoms with van der Waals surface area (Å²) in [5.74, 6) is 0.982. The SMILES string of the molecule is Cc1nc2c([nH]1)CN(Cc1ccc(C(=O)c3c[nH]c4ccccc34)cc1)C=C2. The van der Waals surface area contributed by atoms with Gasteiger partial charge in [-0.1, -0.05) is 42.5 Å². The number of carbonyl (C=O) groups excluding carboxylic acids is 1. The summed E-state index contributed by atoms with van der Waals surface area (Å²) in [6.45, 7) is 3.57. The van der Waals surface area contributed by atoms with Gasteiger partial charge >= 0.3 is 0 Å². The van der Waals surface area contributed by atoms with Crippen molar-refractivity contribution in [2.75, 3.05) is 0 Å². The van der Waals surface area contributed by atoms with Gasteiger partial charge in [-0.2, -0.15) is 0 Å². The van der Waals surface area contributed by atoms with Gasteiger partial charge in [0, 0.05) is 41.0 Å². The number of carbonyl (C=O) groups is 1. The van der Waals surface area contributed by atoms with Gasteiger partial charge in [-0.25, -0.2) is 4.98 Å². The van der Waals surface area contributed by atoms with Crippen LogP contribution in [0.3, 0.4) is 0 Å². The number of imidazole rings is 1. The molecule has 5 nitrogen and oxygen atoms in total. The standard InChI is InChI=1S/C23H20N4O/c1-15-25-21-10-11-27(14-22(21)26-15)13-16-6-8-17(9-7-16)23(28)19-12-24-20-5-3-2-4-18(19)20/h2-12,24H,13-14H2,1H3,(H,25,26). The Morgan fingerprint density at radius 3 is 2.82 bits per heavy atom. The molecule has 138 valence electrons. The first-order chi connectivity index (χ1) is 13.7. The molecule has 2 aromatic heterocycles. The maximum atomic E-state index is 12.9. The lowest BCUT2D eigenvalue weighted by atomic mass is 10.0. The summed E-state index contributed by atoms with van der Waals surface area (Å²) in [4.78, 5) is 26.1. The lowest BCUT2D eigenvalue weighted by molar-refractivity contribution is 0.104. The van der Waals surface area contributed by atoms with Crippen LogP contribution in [-0.4, -0.2) is 25.6 Å². The van der Waals surface area contributed by atoms with Crippen molar-refractivity contribution in [2.45, 2.75) is 20.0 Å². The van der Waals surface area contributed by atoms with Crippen LogP contribution in [-0.2, 0) is 13.1 Å². The number of benzene rings is 2. The van der Waals surface area contributed by atoms with E-state index in [1.54, 1.807) is 6.20 Å². The fourth-order valence-corrected chi connectivity index (χ4v) is 3.77. The molecule has 5 heteroatoms. The molecule has 28 heavy (non-hydrogen) atoms. The van der Waals surface area contributed by atoms with E-state index in [1.165, 1.54) is 5.56 Å². The van der Waals surface area contributed by atoms with Crippen molar-refractivity contribution in [2.24, 2.45) is 0 Å². The van der Waals surface area contributed by atoms with Gasteiger partial charge in [0.2, 0.25) is 0 Å². The number of fused-ring (bicyclic) bond motifs is 2. The fourth-order valence-electron chi connectivity index (χ4n) is 3.77. The van der Waals surface area contributed by atoms with Gasteiger partial charge in [0.05, 0.1) is 17.9 Å². The summed E-state index contributed by atoms with van der Waals surface area (Å²) < 4.78 is 0. The van der Waals surface area contributed by atoms with Crippen LogP contribution < -0.4 is 0 Å². The monoisotopic (exact) mass is 368 g/mol. The van der Waals surface area contributed by atoms with E-state index in [2.05, 4.69) is 26.1 Å². The van der Waals surface area contributed by atoms with Gasteiger partial charge in [0.1, 0.15) is 5.82 Å². The molecule has 0 radical (unpaired) electrons. The Morgan fingerprint density at radius 1 is 1.14 bits per heavy atom. The first kappa shape index (κ1) is 16.6. The van der Waals surface area contributed by atoms with Gasteiger partial charge in [0.25, 0.3) is 0 Å². The third kappa shape index (κ3) is 2.91. The maximum absolute atomic E-state index is 12.9. The van der Waals surface area contributed by atoms with Crippen LogP contribution in [0.5, 0.6) is 0 Å². The average molecular weight is 368 g/mol. The highest BCUT2D eigenvalue weighted by Crippen LogP contribution is 2.22. The number of ketones is 1. The van der Waals surface area contributed by atoms with Gasteiger partial charge < -0.3 is 14.9 Å². The van der Waals surface area contributed by atoms with Crippen LogP contribution in [0, 0.1) is 6.92 Å². The van der Waals surface area contributed by atoms with Crippen LogP contribution in [0.1, 0.15) is 38.7 Å². The number of aromatic nitrogens is 3. The number of aromatic amines is 2. The van der Waals surface area contributed by atoms with E-state index in [0.717, 1.165) is 41.2 Å². The summed E-state index contributed by atoms with van der Waals surface area (Å²) in [6.07, 6.45) is 5.91. The number of hydrogen-bond donors (Lipinski definition) is 2. The molecule has 3 heterocycles. The molecule has 0 aliphatic carbocycles. The molecule has 0 saturated carbocycles. The Labute approximate surface area is 162 Å². The molecular formula is C23H20N4O. The second-order valence-electron chi connectivity index (χ2n) is 7.18. The zero-order valence-corrected chi connectivity index (χ0v) is 15.6. The molecule has 0 atom stereocenters. The van der Waals surface area contributed by atoms with Crippen molar-refractivity contribution >= 4 is 22.8 Å². The highest BCUT2D eigenvalue weighted by atomic mass is 16.1. The average Bonchev–Trinajstić information content (AvgIpc) is 3.30. The van der Waals surface area contributed by atoms with Crippen LogP contribution in [0.4, 0.5) is 0 Å². The second-order valence-corrected chi connectivity index (χ2v) is 7.18. The molecule has 4 aromatic rings. The Balaban J connectivity index is 1.33. The number of rotatable bonds is 4. The number of hydrogen-bond acceptors (Lipinski definition) is 3. The summed E-state index contributed by atoms with van der Waals surface area (Å²) in [7, 11) is 0. The lowest BCUT2D eigenvalue weighted by Crippen LogP contribution is -2.19. The minimum atomic E-state index is 0.0412. The summed E-state index contributed by atoms with van der Waals surface area (Å²) in [6, 6.07) is 15.8. The lowest BCUT2D eigenvalue weighted by Gasteiger charge is -2.23. The zero-order valence-electron chi connectivity index (χ0n) is 15.6. The van der Waals surface area contributed by atoms with Crippen LogP contribution >= 0.6 is 0 Å². The van der Waals surface area contributed by atoms with Crippen LogP contribution in [0.2, 0.25) is 0 Å². The number of aryl methyl sites for hydroxylation is 1. The van der Waals surface area contributed by atoms with Crippen molar-refractivity contribution in [3.63, 3.8) is 0 Å². The highest BCUT2D eigenvalue weighted by molar-refractivity contribution is 6.16. The van der Waals surface area contributed by atoms with Crippen molar-refractivity contribution in [1.29, 1.82) is 0 Å². The van der Waals surface area contributed by atoms with Gasteiger partial charge in [-0.05, 0) is 24.6 Å². The smallest absolute Gasteiger partial charge is 0.195 e. The highest BCUT2D eigenvalue weighted by Gasteiger charge is 2.16. The fraction of sp³-hybridized carbons (Fsp3) is 0.130. The Morgan fingerprint density at radius 2 is 1.96 bits per heavy atom. The third-order valence-electron chi connectivity index (χ3n) is 5.17. The number of nitrogens with one attached hydrogen (secondary N) is 2. The summed E-state index contributed by atoms with van der Waals surface area (Å²) in [5, 5.41) is 0.959. The van der Waals surface area contributed by atoms with E-state index in [1.807, 2.05) is 61.5 Å². The molecule has 0 unspecified atom stereocenters. The molecule has 0 amide bonds. The van der Waals surface area contributed by atoms with E-state index in [9.17, 15) is 4.79 Å². The van der Waals surface area contributed by atoms with Crippen LogP contribution in [0.25, 0.3) is 17.0 Å². The quantitative estimate of drug-likeness (QED) is 0.524. The Bertz CT molecular complexity index is 1200. The minimum Gasteiger partial charge on any atom is -0.367 e. The minimum absolute atomic E-state index is 0.0412. The van der Waals surface area contributed by atoms with E-state index in [0.29, 0.717) is 11.1 Å². The van der Waals surface area contributed by atoms with Crippen molar-refractivity contribution in [3.05, 3.63) is 94.8 Å². The normalized spacial score (nSPS) is 13.1. The number of para-hydroxylation sites is 1. The molecule has 1 aliphatic rings. The van der Waals surface area contributed by atoms with Gasteiger partial charge in [-0.15, -0.1) is 0 Å². The molecule has 0 saturated heterocycles. The van der Waals surface area contributed by atoms with E-state index in [4.69, 9.17) is 0 Å². The van der Waals surface area contributed by atoms with Crippen molar-refractivity contribution < 1.29 is 4.79 Å². The van der Waals surface area contributed by atoms with E-state index >= 15 is 0 Å². The Hall–Kier alpha value is -3.60. The largest absolute Gasteiger partial charge is 0.367 e. The summed E-state index contributed by atoms with van der Waals surface area (Å²) in [5.41, 5.74) is 5.73. The molecule has 0 fully saturated rings. The summed E-state index contributed by atoms with van der Waals surface area (Å²) >= 11 is 0. The van der Waals surface area contributed by atoms with Crippen molar-refractivity contribution in [1.82, 2.24) is 19.9 Å². The first-order valence-electron chi connectivity index (χ1n) is 9.35. The first-order valence-corrected chi connectivity index (χ1v) is 9.35. The Kier molecular flexibility index (Phi) is 3.86. The van der Waals surface area contributed by atoms with Gasteiger partial charge in [-0.3, -0.25) is 4.79 Å². The number of nitrogens with zero attached hydrogens (tertiary/aromatic N) is 2. The molecule has 1 aliphatic heterocycles. The maximum Gasteiger partial charge on any atom is 0.195 e. The molecule has 2 aromatic carbocycles.